The van der Waals surface area contributed by atoms with E-state index in [9.17, 15) is 9.18 Å². The third-order valence-corrected chi connectivity index (χ3v) is 6.83. The molecular weight excluding hydrogens is 401 g/mol. The van der Waals surface area contributed by atoms with E-state index in [0.29, 0.717) is 25.2 Å². The van der Waals surface area contributed by atoms with Crippen molar-refractivity contribution in [1.82, 2.24) is 15.1 Å². The molecule has 2 fully saturated rings. The van der Waals surface area contributed by atoms with Crippen molar-refractivity contribution in [3.63, 3.8) is 0 Å². The smallest absolute Gasteiger partial charge is 0.224 e. The fraction of sp³-hybridized carbons (Fsp3) is 0.519. The van der Waals surface area contributed by atoms with Crippen molar-refractivity contribution in [2.24, 2.45) is 11.8 Å². The summed E-state index contributed by atoms with van der Waals surface area (Å²) in [5.41, 5.74) is 3.17. The number of rotatable bonds is 7. The fourth-order valence-electron chi connectivity index (χ4n) is 5.14. The molecular formula is C27H36FN3O. The monoisotopic (exact) mass is 437 g/mol. The van der Waals surface area contributed by atoms with Crippen molar-refractivity contribution >= 4 is 5.91 Å². The van der Waals surface area contributed by atoms with Gasteiger partial charge in [-0.05, 0) is 61.9 Å². The third-order valence-electron chi connectivity index (χ3n) is 6.83. The van der Waals surface area contributed by atoms with Crippen LogP contribution >= 0.6 is 0 Å². The summed E-state index contributed by atoms with van der Waals surface area (Å²) >= 11 is 0. The van der Waals surface area contributed by atoms with Gasteiger partial charge in [-0.25, -0.2) is 4.39 Å². The fourth-order valence-corrected chi connectivity index (χ4v) is 5.14. The van der Waals surface area contributed by atoms with E-state index in [1.807, 2.05) is 12.1 Å². The van der Waals surface area contributed by atoms with Crippen LogP contribution < -0.4 is 5.32 Å². The van der Waals surface area contributed by atoms with Gasteiger partial charge in [0.05, 0.1) is 5.92 Å². The maximum atomic E-state index is 14.0. The Morgan fingerprint density at radius 2 is 1.72 bits per heavy atom. The first kappa shape index (κ1) is 22.9. The van der Waals surface area contributed by atoms with Crippen LogP contribution in [0.3, 0.4) is 0 Å². The zero-order chi connectivity index (χ0) is 22.3. The van der Waals surface area contributed by atoms with E-state index in [-0.39, 0.29) is 17.6 Å². The van der Waals surface area contributed by atoms with E-state index < -0.39 is 0 Å². The molecule has 2 aliphatic heterocycles. The summed E-state index contributed by atoms with van der Waals surface area (Å²) in [6.07, 6.45) is 4.48. The average Bonchev–Trinajstić information content (AvgIpc) is 2.79. The van der Waals surface area contributed by atoms with Crippen LogP contribution in [0.2, 0.25) is 0 Å². The maximum absolute atomic E-state index is 14.0. The van der Waals surface area contributed by atoms with Crippen LogP contribution in [-0.4, -0.2) is 41.9 Å². The maximum Gasteiger partial charge on any atom is 0.224 e. The van der Waals surface area contributed by atoms with E-state index in [1.165, 1.54) is 37.6 Å². The molecule has 0 aromatic heterocycles. The standard InChI is InChI=1S/C27H36FN3O/c1-21-7-5-13-30(17-21)18-23-9-4-8-22(15-23)16-29-27(32)25-11-6-14-31(20-25)19-24-10-2-3-12-26(24)28/h2-4,8-10,12,15,21,25H,5-7,11,13-14,16-20H2,1H3,(H,29,32). The Morgan fingerprint density at radius 3 is 2.53 bits per heavy atom. The van der Waals surface area contributed by atoms with E-state index in [4.69, 9.17) is 0 Å². The highest BCUT2D eigenvalue weighted by Crippen LogP contribution is 2.21. The molecule has 4 rings (SSSR count). The zero-order valence-corrected chi connectivity index (χ0v) is 19.2. The molecule has 1 N–H and O–H groups in total. The van der Waals surface area contributed by atoms with Crippen molar-refractivity contribution in [3.8, 4) is 0 Å². The van der Waals surface area contributed by atoms with E-state index >= 15 is 0 Å². The molecule has 2 atom stereocenters. The van der Waals surface area contributed by atoms with Crippen molar-refractivity contribution < 1.29 is 9.18 Å². The molecule has 2 heterocycles. The summed E-state index contributed by atoms with van der Waals surface area (Å²) in [5.74, 6) is 0.685. The molecule has 2 aliphatic rings. The normalized spacial score (nSPS) is 22.6. The molecule has 0 bridgehead atoms. The minimum Gasteiger partial charge on any atom is -0.352 e. The zero-order valence-electron chi connectivity index (χ0n) is 19.2. The average molecular weight is 438 g/mol. The minimum atomic E-state index is -0.169. The van der Waals surface area contributed by atoms with Gasteiger partial charge in [0.2, 0.25) is 5.91 Å². The molecule has 2 aromatic carbocycles. The number of likely N-dealkylation sites (tertiary alicyclic amines) is 2. The lowest BCUT2D eigenvalue weighted by Gasteiger charge is -2.32. The number of carbonyl (C=O) groups excluding carboxylic acids is 1. The summed E-state index contributed by atoms with van der Waals surface area (Å²) in [7, 11) is 0. The van der Waals surface area contributed by atoms with E-state index in [1.54, 1.807) is 6.07 Å². The van der Waals surface area contributed by atoms with Crippen LogP contribution in [-0.2, 0) is 24.4 Å². The summed E-state index contributed by atoms with van der Waals surface area (Å²) < 4.78 is 14.0. The molecule has 32 heavy (non-hydrogen) atoms. The van der Waals surface area contributed by atoms with Crippen LogP contribution in [0.5, 0.6) is 0 Å². The molecule has 1 amide bonds. The quantitative estimate of drug-likeness (QED) is 0.688. The molecule has 2 saturated heterocycles. The molecule has 5 heteroatoms. The Bertz CT molecular complexity index is 902. The van der Waals surface area contributed by atoms with Gasteiger partial charge in [0.1, 0.15) is 5.82 Å². The van der Waals surface area contributed by atoms with Gasteiger partial charge in [-0.2, -0.15) is 0 Å². The number of hydrogen-bond acceptors (Lipinski definition) is 3. The summed E-state index contributed by atoms with van der Waals surface area (Å²) in [5, 5.41) is 3.15. The van der Waals surface area contributed by atoms with Gasteiger partial charge in [0.15, 0.2) is 0 Å². The molecule has 2 aromatic rings. The van der Waals surface area contributed by atoms with Crippen LogP contribution in [0.1, 0.15) is 49.3 Å². The first-order valence-electron chi connectivity index (χ1n) is 12.1. The topological polar surface area (TPSA) is 35.6 Å². The predicted molar refractivity (Wildman–Crippen MR) is 126 cm³/mol. The highest BCUT2D eigenvalue weighted by atomic mass is 19.1. The number of nitrogens with zero attached hydrogens (tertiary/aromatic N) is 2. The Labute approximate surface area is 191 Å². The number of carbonyl (C=O) groups is 1. The molecule has 0 aliphatic carbocycles. The predicted octanol–water partition coefficient (Wildman–Crippen LogP) is 4.59. The second kappa shape index (κ2) is 11.1. The molecule has 0 spiro atoms. The summed E-state index contributed by atoms with van der Waals surface area (Å²) in [6, 6.07) is 15.5. The number of amides is 1. The molecule has 0 radical (unpaired) electrons. The highest BCUT2D eigenvalue weighted by molar-refractivity contribution is 5.79. The third kappa shape index (κ3) is 6.39. The van der Waals surface area contributed by atoms with Crippen LogP contribution in [0.4, 0.5) is 4.39 Å². The van der Waals surface area contributed by atoms with Gasteiger partial charge in [-0.3, -0.25) is 14.6 Å². The van der Waals surface area contributed by atoms with Gasteiger partial charge in [0.25, 0.3) is 0 Å². The van der Waals surface area contributed by atoms with Gasteiger partial charge in [0, 0.05) is 38.3 Å². The lowest BCUT2D eigenvalue weighted by Crippen LogP contribution is -2.42. The summed E-state index contributed by atoms with van der Waals surface area (Å²) in [4.78, 5) is 17.6. The van der Waals surface area contributed by atoms with Gasteiger partial charge in [-0.1, -0.05) is 49.4 Å². The van der Waals surface area contributed by atoms with Crippen LogP contribution in [0, 0.1) is 17.7 Å². The minimum absolute atomic E-state index is 0.0338. The van der Waals surface area contributed by atoms with Gasteiger partial charge in [-0.15, -0.1) is 0 Å². The Balaban J connectivity index is 1.27. The van der Waals surface area contributed by atoms with Crippen molar-refractivity contribution in [2.45, 2.75) is 52.2 Å². The summed E-state index contributed by atoms with van der Waals surface area (Å²) in [6.45, 7) is 8.39. The number of hydrogen-bond donors (Lipinski definition) is 1. The number of halogens is 1. The largest absolute Gasteiger partial charge is 0.352 e. The van der Waals surface area contributed by atoms with E-state index in [2.05, 4.69) is 46.3 Å². The van der Waals surface area contributed by atoms with E-state index in [0.717, 1.165) is 37.4 Å². The second-order valence-electron chi connectivity index (χ2n) is 9.69. The number of benzene rings is 2. The molecule has 2 unspecified atom stereocenters. The van der Waals surface area contributed by atoms with Crippen LogP contribution in [0.25, 0.3) is 0 Å². The Morgan fingerprint density at radius 1 is 0.969 bits per heavy atom. The number of piperidine rings is 2. The van der Waals surface area contributed by atoms with Crippen LogP contribution in [0.15, 0.2) is 48.5 Å². The molecule has 0 saturated carbocycles. The molecule has 172 valence electrons. The Hall–Kier alpha value is -2.24. The van der Waals surface area contributed by atoms with Gasteiger partial charge < -0.3 is 5.32 Å². The van der Waals surface area contributed by atoms with Gasteiger partial charge >= 0.3 is 0 Å². The number of nitrogens with one attached hydrogen (secondary N) is 1. The van der Waals surface area contributed by atoms with Crippen molar-refractivity contribution in [3.05, 3.63) is 71.0 Å². The lowest BCUT2D eigenvalue weighted by atomic mass is 9.96. The Kier molecular flexibility index (Phi) is 7.93. The lowest BCUT2D eigenvalue weighted by molar-refractivity contribution is -0.126. The second-order valence-corrected chi connectivity index (χ2v) is 9.69. The van der Waals surface area contributed by atoms with Crippen molar-refractivity contribution in [2.75, 3.05) is 26.2 Å². The first-order valence-corrected chi connectivity index (χ1v) is 12.1. The first-order chi connectivity index (χ1) is 15.6. The molecule has 4 nitrogen and oxygen atoms in total. The highest BCUT2D eigenvalue weighted by Gasteiger charge is 2.26. The SMILES string of the molecule is CC1CCCN(Cc2cccc(CNC(=O)C3CCCN(Cc4ccccc4F)C3)c2)C1. The van der Waals surface area contributed by atoms with Crippen molar-refractivity contribution in [1.29, 1.82) is 0 Å².